The van der Waals surface area contributed by atoms with Crippen LogP contribution in [0.15, 0.2) is 47.4 Å². The van der Waals surface area contributed by atoms with Crippen LogP contribution in [0.1, 0.15) is 5.56 Å². The van der Waals surface area contributed by atoms with Gasteiger partial charge in [0.15, 0.2) is 0 Å². The van der Waals surface area contributed by atoms with Crippen molar-refractivity contribution in [1.82, 2.24) is 0 Å². The van der Waals surface area contributed by atoms with Crippen molar-refractivity contribution in [1.29, 1.82) is 5.26 Å². The smallest absolute Gasteiger partial charge is 0.263 e. The number of hydrogen-bond donors (Lipinski definition) is 1. The van der Waals surface area contributed by atoms with Crippen molar-refractivity contribution in [3.63, 3.8) is 0 Å². The van der Waals surface area contributed by atoms with Crippen LogP contribution in [0.3, 0.4) is 0 Å². The van der Waals surface area contributed by atoms with E-state index in [1.165, 1.54) is 30.3 Å². The first-order valence-corrected chi connectivity index (χ1v) is 7.64. The molecule has 7 heteroatoms. The van der Waals surface area contributed by atoms with E-state index in [0.717, 1.165) is 0 Å². The molecule has 0 aliphatic heterocycles. The summed E-state index contributed by atoms with van der Waals surface area (Å²) in [4.78, 5) is -0.145. The van der Waals surface area contributed by atoms with Crippen LogP contribution >= 0.6 is 23.2 Å². The summed E-state index contributed by atoms with van der Waals surface area (Å²) in [6, 6.07) is 12.1. The van der Waals surface area contributed by atoms with Gasteiger partial charge in [-0.1, -0.05) is 23.2 Å². The fraction of sp³-hybridized carbons (Fsp3) is 0. The topological polar surface area (TPSA) is 70.0 Å². The number of sulfonamides is 1. The van der Waals surface area contributed by atoms with E-state index in [9.17, 15) is 8.42 Å². The number of nitrogens with zero attached hydrogens (tertiary/aromatic N) is 1. The molecule has 0 fully saturated rings. The van der Waals surface area contributed by atoms with E-state index in [2.05, 4.69) is 4.72 Å². The van der Waals surface area contributed by atoms with Gasteiger partial charge in [0, 0.05) is 10.7 Å². The minimum atomic E-state index is -3.87. The molecule has 0 aliphatic rings. The normalized spacial score (nSPS) is 10.8. The van der Waals surface area contributed by atoms with Crippen LogP contribution in [0, 0.1) is 11.3 Å². The summed E-state index contributed by atoms with van der Waals surface area (Å²) in [5, 5.41) is 9.36. The van der Waals surface area contributed by atoms with E-state index in [1.54, 1.807) is 12.1 Å². The lowest BCUT2D eigenvalue weighted by molar-refractivity contribution is 0.601. The standard InChI is InChI=1S/C13H8Cl2N2O2S/c14-10-2-4-11(5-3-10)17-20(18,19)13-7-9(8-16)1-6-12(13)15/h1-7,17H. The van der Waals surface area contributed by atoms with Gasteiger partial charge in [0.2, 0.25) is 0 Å². The first-order chi connectivity index (χ1) is 9.42. The first kappa shape index (κ1) is 14.7. The molecule has 4 nitrogen and oxygen atoms in total. The molecule has 0 heterocycles. The van der Waals surface area contributed by atoms with Crippen molar-refractivity contribution in [3.05, 3.63) is 58.1 Å². The third kappa shape index (κ3) is 3.23. The number of nitriles is 1. The maximum Gasteiger partial charge on any atom is 0.263 e. The van der Waals surface area contributed by atoms with Crippen LogP contribution in [0.2, 0.25) is 10.0 Å². The van der Waals surface area contributed by atoms with Crippen LogP contribution in [0.5, 0.6) is 0 Å². The minimum absolute atomic E-state index is 0.0467. The second-order valence-corrected chi connectivity index (χ2v) is 6.36. The maximum atomic E-state index is 12.2. The Kier molecular flexibility index (Phi) is 4.19. The van der Waals surface area contributed by atoms with Gasteiger partial charge >= 0.3 is 0 Å². The Hall–Kier alpha value is -1.74. The molecule has 0 aliphatic carbocycles. The van der Waals surface area contributed by atoms with Gasteiger partial charge in [-0.05, 0) is 42.5 Å². The SMILES string of the molecule is N#Cc1ccc(Cl)c(S(=O)(=O)Nc2ccc(Cl)cc2)c1. The Morgan fingerprint density at radius 3 is 2.30 bits per heavy atom. The van der Waals surface area contributed by atoms with Crippen LogP contribution in [0.25, 0.3) is 0 Å². The monoisotopic (exact) mass is 326 g/mol. The van der Waals surface area contributed by atoms with Crippen LogP contribution in [-0.4, -0.2) is 8.42 Å². The van der Waals surface area contributed by atoms with E-state index < -0.39 is 10.0 Å². The number of rotatable bonds is 3. The summed E-state index contributed by atoms with van der Waals surface area (Å²) >= 11 is 11.6. The van der Waals surface area contributed by atoms with Crippen molar-refractivity contribution in [2.75, 3.05) is 4.72 Å². The molecule has 0 saturated carbocycles. The highest BCUT2D eigenvalue weighted by atomic mass is 35.5. The third-order valence-corrected chi connectivity index (χ3v) is 4.56. The van der Waals surface area contributed by atoms with Gasteiger partial charge in [-0.3, -0.25) is 4.72 Å². The van der Waals surface area contributed by atoms with Crippen molar-refractivity contribution in [2.45, 2.75) is 4.90 Å². The predicted octanol–water partition coefficient (Wildman–Crippen LogP) is 3.67. The molecule has 2 aromatic rings. The Bertz CT molecular complexity index is 781. The third-order valence-electron chi connectivity index (χ3n) is 2.45. The average molecular weight is 327 g/mol. The zero-order chi connectivity index (χ0) is 14.8. The van der Waals surface area contributed by atoms with Gasteiger partial charge in [0.05, 0.1) is 16.7 Å². The molecule has 20 heavy (non-hydrogen) atoms. The van der Waals surface area contributed by atoms with E-state index >= 15 is 0 Å². The van der Waals surface area contributed by atoms with E-state index in [-0.39, 0.29) is 15.5 Å². The highest BCUT2D eigenvalue weighted by molar-refractivity contribution is 7.92. The molecule has 2 rings (SSSR count). The van der Waals surface area contributed by atoms with Crippen molar-refractivity contribution in [3.8, 4) is 6.07 Å². The van der Waals surface area contributed by atoms with E-state index in [0.29, 0.717) is 10.7 Å². The number of anilines is 1. The summed E-state index contributed by atoms with van der Waals surface area (Å²) in [7, 11) is -3.87. The molecule has 2 aromatic carbocycles. The first-order valence-electron chi connectivity index (χ1n) is 5.40. The fourth-order valence-corrected chi connectivity index (χ4v) is 3.22. The largest absolute Gasteiger partial charge is 0.280 e. The molecule has 0 amide bonds. The maximum absolute atomic E-state index is 12.2. The zero-order valence-corrected chi connectivity index (χ0v) is 12.3. The zero-order valence-electron chi connectivity index (χ0n) is 9.97. The highest BCUT2D eigenvalue weighted by Gasteiger charge is 2.18. The summed E-state index contributed by atoms with van der Waals surface area (Å²) in [5.74, 6) is 0. The minimum Gasteiger partial charge on any atom is -0.280 e. The molecule has 0 radical (unpaired) electrons. The number of halogens is 2. The molecular weight excluding hydrogens is 319 g/mol. The number of nitrogens with one attached hydrogen (secondary N) is 1. The molecule has 0 bridgehead atoms. The lowest BCUT2D eigenvalue weighted by atomic mass is 10.2. The lowest BCUT2D eigenvalue weighted by Gasteiger charge is -2.09. The van der Waals surface area contributed by atoms with Crippen molar-refractivity contribution >= 4 is 38.9 Å². The van der Waals surface area contributed by atoms with Gasteiger partial charge in [0.1, 0.15) is 4.90 Å². The van der Waals surface area contributed by atoms with Crippen LogP contribution in [0.4, 0.5) is 5.69 Å². The quantitative estimate of drug-likeness (QED) is 0.935. The molecular formula is C13H8Cl2N2O2S. The Morgan fingerprint density at radius 2 is 1.70 bits per heavy atom. The highest BCUT2D eigenvalue weighted by Crippen LogP contribution is 2.25. The Morgan fingerprint density at radius 1 is 1.05 bits per heavy atom. The van der Waals surface area contributed by atoms with E-state index in [1.807, 2.05) is 6.07 Å². The number of benzene rings is 2. The van der Waals surface area contributed by atoms with Gasteiger partial charge in [-0.15, -0.1) is 0 Å². The molecule has 0 unspecified atom stereocenters. The van der Waals surface area contributed by atoms with Gasteiger partial charge in [-0.2, -0.15) is 5.26 Å². The van der Waals surface area contributed by atoms with Crippen LogP contribution < -0.4 is 4.72 Å². The molecule has 102 valence electrons. The second-order valence-electron chi connectivity index (χ2n) is 3.87. The molecule has 0 saturated heterocycles. The van der Waals surface area contributed by atoms with Gasteiger partial charge in [0.25, 0.3) is 10.0 Å². The summed E-state index contributed by atoms with van der Waals surface area (Å²) in [6.07, 6.45) is 0. The van der Waals surface area contributed by atoms with Gasteiger partial charge in [-0.25, -0.2) is 8.42 Å². The molecule has 1 N–H and O–H groups in total. The summed E-state index contributed by atoms with van der Waals surface area (Å²) in [5.41, 5.74) is 0.568. The molecule has 0 atom stereocenters. The summed E-state index contributed by atoms with van der Waals surface area (Å²) < 4.78 is 26.8. The molecule has 0 aromatic heterocycles. The Balaban J connectivity index is 2.40. The predicted molar refractivity (Wildman–Crippen MR) is 78.4 cm³/mol. The average Bonchev–Trinajstić information content (AvgIpc) is 2.41. The summed E-state index contributed by atoms with van der Waals surface area (Å²) in [6.45, 7) is 0. The molecule has 0 spiro atoms. The van der Waals surface area contributed by atoms with E-state index in [4.69, 9.17) is 28.5 Å². The Labute approximate surface area is 126 Å². The van der Waals surface area contributed by atoms with Gasteiger partial charge < -0.3 is 0 Å². The lowest BCUT2D eigenvalue weighted by Crippen LogP contribution is -2.13. The van der Waals surface area contributed by atoms with Crippen LogP contribution in [-0.2, 0) is 10.0 Å². The number of hydrogen-bond acceptors (Lipinski definition) is 3. The van der Waals surface area contributed by atoms with Crippen molar-refractivity contribution in [2.24, 2.45) is 0 Å². The second kappa shape index (κ2) is 5.71. The van der Waals surface area contributed by atoms with Crippen molar-refractivity contribution < 1.29 is 8.42 Å². The fourth-order valence-electron chi connectivity index (χ4n) is 1.51.